The van der Waals surface area contributed by atoms with Crippen molar-refractivity contribution in [3.05, 3.63) is 82.3 Å². The van der Waals surface area contributed by atoms with Gasteiger partial charge in [0.15, 0.2) is 0 Å². The van der Waals surface area contributed by atoms with Gasteiger partial charge in [-0.05, 0) is 43.2 Å². The van der Waals surface area contributed by atoms with Crippen molar-refractivity contribution in [2.75, 3.05) is 0 Å². The standard InChI is InChI=1S/C22H19NO2S2/c1-14(16-8-4-3-5-9-16)23-21(24)20(27-22(23)26)13-18-12-17-10-6-7-11-19(17)25-15(18)2/h3-15H,1-2H3/b20-13-/t14-,15+/m1/s1. The Morgan fingerprint density at radius 2 is 1.85 bits per heavy atom. The highest BCUT2D eigenvalue weighted by Gasteiger charge is 2.36. The zero-order valence-corrected chi connectivity index (χ0v) is 16.7. The summed E-state index contributed by atoms with van der Waals surface area (Å²) in [5.74, 6) is 0.820. The molecular formula is C22H19NO2S2. The summed E-state index contributed by atoms with van der Waals surface area (Å²) < 4.78 is 6.57. The largest absolute Gasteiger partial charge is 0.485 e. The lowest BCUT2D eigenvalue weighted by Crippen LogP contribution is -2.31. The summed E-state index contributed by atoms with van der Waals surface area (Å²) in [6, 6.07) is 17.8. The van der Waals surface area contributed by atoms with E-state index in [1.54, 1.807) is 4.90 Å². The maximum Gasteiger partial charge on any atom is 0.266 e. The molecule has 2 heterocycles. The van der Waals surface area contributed by atoms with Gasteiger partial charge < -0.3 is 4.74 Å². The average Bonchev–Trinajstić information content (AvgIpc) is 2.96. The predicted molar refractivity (Wildman–Crippen MR) is 114 cm³/mol. The Labute approximate surface area is 168 Å². The topological polar surface area (TPSA) is 29.5 Å². The predicted octanol–water partition coefficient (Wildman–Crippen LogP) is 5.36. The van der Waals surface area contributed by atoms with Crippen molar-refractivity contribution in [2.24, 2.45) is 0 Å². The molecule has 0 aromatic heterocycles. The Balaban J connectivity index is 1.63. The molecule has 2 aromatic rings. The van der Waals surface area contributed by atoms with Crippen LogP contribution in [0.5, 0.6) is 5.75 Å². The molecule has 0 bridgehead atoms. The number of hydrogen-bond acceptors (Lipinski definition) is 4. The third kappa shape index (κ3) is 3.45. The van der Waals surface area contributed by atoms with Crippen molar-refractivity contribution in [3.63, 3.8) is 0 Å². The van der Waals surface area contributed by atoms with Crippen LogP contribution in [0, 0.1) is 0 Å². The number of nitrogens with zero attached hydrogens (tertiary/aromatic N) is 1. The maximum absolute atomic E-state index is 13.0. The van der Waals surface area contributed by atoms with Gasteiger partial charge in [0, 0.05) is 5.56 Å². The van der Waals surface area contributed by atoms with Crippen LogP contribution in [-0.4, -0.2) is 21.2 Å². The quantitative estimate of drug-likeness (QED) is 0.519. The van der Waals surface area contributed by atoms with E-state index in [-0.39, 0.29) is 18.1 Å². The SMILES string of the molecule is C[C@@H]1Oc2ccccc2C=C1/C=C1\SC(=S)N([C@H](C)c2ccccc2)C1=O. The van der Waals surface area contributed by atoms with Gasteiger partial charge in [0.2, 0.25) is 0 Å². The summed E-state index contributed by atoms with van der Waals surface area (Å²) in [5, 5.41) is 0. The molecule has 1 amide bonds. The van der Waals surface area contributed by atoms with Crippen LogP contribution in [0.3, 0.4) is 0 Å². The highest BCUT2D eigenvalue weighted by molar-refractivity contribution is 8.26. The molecule has 5 heteroatoms. The number of carbonyl (C=O) groups is 1. The fourth-order valence-corrected chi connectivity index (χ4v) is 4.69. The van der Waals surface area contributed by atoms with Gasteiger partial charge in [-0.25, -0.2) is 0 Å². The summed E-state index contributed by atoms with van der Waals surface area (Å²) in [5.41, 5.74) is 3.06. The molecule has 2 aliphatic heterocycles. The first-order valence-corrected chi connectivity index (χ1v) is 10.1. The molecule has 0 spiro atoms. The number of amides is 1. The van der Waals surface area contributed by atoms with Crippen LogP contribution in [0.1, 0.15) is 31.0 Å². The molecule has 0 radical (unpaired) electrons. The van der Waals surface area contributed by atoms with E-state index < -0.39 is 0 Å². The number of para-hydroxylation sites is 1. The molecule has 27 heavy (non-hydrogen) atoms. The van der Waals surface area contributed by atoms with Crippen molar-refractivity contribution in [3.8, 4) is 5.75 Å². The number of thioether (sulfide) groups is 1. The summed E-state index contributed by atoms with van der Waals surface area (Å²) in [4.78, 5) is 15.4. The lowest BCUT2D eigenvalue weighted by molar-refractivity contribution is -0.123. The number of fused-ring (bicyclic) bond motifs is 1. The summed E-state index contributed by atoms with van der Waals surface area (Å²) in [6.45, 7) is 4.00. The number of benzene rings is 2. The van der Waals surface area contributed by atoms with Crippen molar-refractivity contribution in [1.82, 2.24) is 4.90 Å². The first-order valence-electron chi connectivity index (χ1n) is 8.84. The third-order valence-electron chi connectivity index (χ3n) is 4.80. The molecule has 4 rings (SSSR count). The molecule has 0 N–H and O–H groups in total. The van der Waals surface area contributed by atoms with Crippen molar-refractivity contribution < 1.29 is 9.53 Å². The van der Waals surface area contributed by atoms with Crippen LogP contribution in [-0.2, 0) is 4.79 Å². The van der Waals surface area contributed by atoms with E-state index in [1.165, 1.54) is 11.8 Å². The zero-order chi connectivity index (χ0) is 19.0. The molecule has 1 fully saturated rings. The highest BCUT2D eigenvalue weighted by atomic mass is 32.2. The summed E-state index contributed by atoms with van der Waals surface area (Å²) >= 11 is 6.86. The molecule has 2 atom stereocenters. The van der Waals surface area contributed by atoms with Gasteiger partial charge in [-0.2, -0.15) is 0 Å². The van der Waals surface area contributed by atoms with Gasteiger partial charge in [-0.1, -0.05) is 72.5 Å². The molecule has 0 aliphatic carbocycles. The Morgan fingerprint density at radius 3 is 2.63 bits per heavy atom. The van der Waals surface area contributed by atoms with E-state index in [0.29, 0.717) is 9.23 Å². The smallest absolute Gasteiger partial charge is 0.266 e. The van der Waals surface area contributed by atoms with E-state index in [4.69, 9.17) is 17.0 Å². The minimum Gasteiger partial charge on any atom is -0.485 e. The molecule has 136 valence electrons. The van der Waals surface area contributed by atoms with Crippen LogP contribution < -0.4 is 4.74 Å². The number of thiocarbonyl (C=S) groups is 1. The van der Waals surface area contributed by atoms with Crippen molar-refractivity contribution >= 4 is 40.3 Å². The average molecular weight is 394 g/mol. The van der Waals surface area contributed by atoms with Gasteiger partial charge in [0.25, 0.3) is 5.91 Å². The van der Waals surface area contributed by atoms with E-state index in [0.717, 1.165) is 22.4 Å². The number of carbonyl (C=O) groups excluding carboxylic acids is 1. The van der Waals surface area contributed by atoms with Crippen LogP contribution in [0.4, 0.5) is 0 Å². The minimum absolute atomic E-state index is 0.0479. The van der Waals surface area contributed by atoms with E-state index in [9.17, 15) is 4.79 Å². The Kier molecular flexibility index (Phi) is 4.89. The maximum atomic E-state index is 13.0. The second-order valence-electron chi connectivity index (χ2n) is 6.58. The van der Waals surface area contributed by atoms with Gasteiger partial charge in [-0.3, -0.25) is 9.69 Å². The zero-order valence-electron chi connectivity index (χ0n) is 15.1. The lowest BCUT2D eigenvalue weighted by atomic mass is 10.0. The van der Waals surface area contributed by atoms with Gasteiger partial charge >= 0.3 is 0 Å². The fourth-order valence-electron chi connectivity index (χ4n) is 3.27. The number of hydrogen-bond donors (Lipinski definition) is 0. The first kappa shape index (κ1) is 18.0. The Morgan fingerprint density at radius 1 is 1.15 bits per heavy atom. The molecule has 0 unspecified atom stereocenters. The number of rotatable bonds is 3. The van der Waals surface area contributed by atoms with Crippen molar-refractivity contribution in [2.45, 2.75) is 26.0 Å². The third-order valence-corrected chi connectivity index (χ3v) is 6.14. The molecule has 2 aromatic carbocycles. The second kappa shape index (κ2) is 7.33. The normalized spacial score (nSPS) is 21.7. The van der Waals surface area contributed by atoms with E-state index in [1.807, 2.05) is 74.5 Å². The molecular weight excluding hydrogens is 374 g/mol. The summed E-state index contributed by atoms with van der Waals surface area (Å²) in [7, 11) is 0. The van der Waals surface area contributed by atoms with E-state index in [2.05, 4.69) is 6.08 Å². The van der Waals surface area contributed by atoms with Gasteiger partial charge in [-0.15, -0.1) is 0 Å². The minimum atomic E-state index is -0.116. The molecule has 2 aliphatic rings. The number of ether oxygens (including phenoxy) is 1. The van der Waals surface area contributed by atoms with Crippen LogP contribution in [0.15, 0.2) is 71.2 Å². The monoisotopic (exact) mass is 393 g/mol. The molecule has 1 saturated heterocycles. The fraction of sp³-hybridized carbons (Fsp3) is 0.182. The second-order valence-corrected chi connectivity index (χ2v) is 8.26. The Hall–Kier alpha value is -2.37. The van der Waals surface area contributed by atoms with Crippen LogP contribution in [0.25, 0.3) is 6.08 Å². The molecule has 0 saturated carbocycles. The summed E-state index contributed by atoms with van der Waals surface area (Å²) in [6.07, 6.45) is 3.88. The first-order chi connectivity index (χ1) is 13.0. The van der Waals surface area contributed by atoms with Gasteiger partial charge in [0.05, 0.1) is 10.9 Å². The Bertz CT molecular complexity index is 965. The van der Waals surface area contributed by atoms with Crippen LogP contribution in [0.2, 0.25) is 0 Å². The van der Waals surface area contributed by atoms with Gasteiger partial charge in [0.1, 0.15) is 16.2 Å². The molecule has 3 nitrogen and oxygen atoms in total. The van der Waals surface area contributed by atoms with Crippen molar-refractivity contribution in [1.29, 1.82) is 0 Å². The van der Waals surface area contributed by atoms with Crippen LogP contribution >= 0.6 is 24.0 Å². The highest BCUT2D eigenvalue weighted by Crippen LogP contribution is 2.39. The lowest BCUT2D eigenvalue weighted by Gasteiger charge is -2.24. The van der Waals surface area contributed by atoms with E-state index >= 15 is 0 Å².